The summed E-state index contributed by atoms with van der Waals surface area (Å²) in [5, 5.41) is 3.50. The number of nitrogens with one attached hydrogen (secondary N) is 1. The van der Waals surface area contributed by atoms with Gasteiger partial charge in [0.15, 0.2) is 0 Å². The molecule has 3 heteroatoms. The highest BCUT2D eigenvalue weighted by atomic mass is 16.1. The molecule has 0 spiro atoms. The average molecular weight is 242 g/mol. The van der Waals surface area contributed by atoms with Gasteiger partial charge in [0.05, 0.1) is 0 Å². The van der Waals surface area contributed by atoms with E-state index in [1.54, 1.807) is 0 Å². The lowest BCUT2D eigenvalue weighted by Gasteiger charge is -2.13. The molecule has 3 nitrogen and oxygen atoms in total. The van der Waals surface area contributed by atoms with E-state index in [1.807, 2.05) is 0 Å². The maximum atomic E-state index is 10.5. The van der Waals surface area contributed by atoms with Crippen molar-refractivity contribution in [2.75, 3.05) is 6.54 Å². The molecular weight excluding hydrogens is 212 g/mol. The Morgan fingerprint density at radius 1 is 1.12 bits per heavy atom. The monoisotopic (exact) mass is 242 g/mol. The van der Waals surface area contributed by atoms with Crippen molar-refractivity contribution in [3.63, 3.8) is 0 Å². The summed E-state index contributed by atoms with van der Waals surface area (Å²) >= 11 is 0. The smallest absolute Gasteiger partial charge is 0.217 e. The molecule has 1 amide bonds. The number of unbranched alkanes of at least 4 members (excludes halogenated alkanes) is 5. The first-order chi connectivity index (χ1) is 8.16. The van der Waals surface area contributed by atoms with Gasteiger partial charge in [-0.1, -0.05) is 39.0 Å². The minimum Gasteiger partial charge on any atom is -0.370 e. The molecule has 0 heterocycles. The van der Waals surface area contributed by atoms with Crippen molar-refractivity contribution in [2.24, 2.45) is 5.73 Å². The van der Waals surface area contributed by atoms with E-state index in [0.717, 1.165) is 19.4 Å². The number of nitrogens with two attached hydrogens (primary N) is 1. The molecule has 0 aliphatic heterocycles. The number of primary amides is 1. The van der Waals surface area contributed by atoms with Gasteiger partial charge < -0.3 is 11.1 Å². The van der Waals surface area contributed by atoms with Gasteiger partial charge in [-0.15, -0.1) is 0 Å². The first-order valence-corrected chi connectivity index (χ1v) is 7.18. The summed E-state index contributed by atoms with van der Waals surface area (Å²) in [6.45, 7) is 5.49. The van der Waals surface area contributed by atoms with Crippen LogP contribution in [0.3, 0.4) is 0 Å². The SMILES string of the molecule is CCCCCCCC(C)NCCCCC(N)=O. The number of amides is 1. The molecule has 0 aromatic heterocycles. The third-order valence-electron chi connectivity index (χ3n) is 3.08. The van der Waals surface area contributed by atoms with Gasteiger partial charge in [-0.25, -0.2) is 0 Å². The second-order valence-corrected chi connectivity index (χ2v) is 4.98. The molecule has 17 heavy (non-hydrogen) atoms. The van der Waals surface area contributed by atoms with E-state index in [4.69, 9.17) is 5.73 Å². The van der Waals surface area contributed by atoms with Gasteiger partial charge in [-0.2, -0.15) is 0 Å². The molecule has 0 saturated carbocycles. The van der Waals surface area contributed by atoms with Crippen molar-refractivity contribution in [3.05, 3.63) is 0 Å². The average Bonchev–Trinajstić information content (AvgIpc) is 2.28. The summed E-state index contributed by atoms with van der Waals surface area (Å²) < 4.78 is 0. The number of hydrogen-bond donors (Lipinski definition) is 2. The molecule has 3 N–H and O–H groups in total. The van der Waals surface area contributed by atoms with Crippen LogP contribution in [0.5, 0.6) is 0 Å². The Morgan fingerprint density at radius 3 is 2.47 bits per heavy atom. The largest absolute Gasteiger partial charge is 0.370 e. The van der Waals surface area contributed by atoms with Crippen molar-refractivity contribution >= 4 is 5.91 Å². The van der Waals surface area contributed by atoms with E-state index in [9.17, 15) is 4.79 Å². The van der Waals surface area contributed by atoms with Crippen LogP contribution in [0.2, 0.25) is 0 Å². The van der Waals surface area contributed by atoms with Crippen LogP contribution in [0.15, 0.2) is 0 Å². The van der Waals surface area contributed by atoms with Crippen LogP contribution in [0.4, 0.5) is 0 Å². The predicted octanol–water partition coefficient (Wildman–Crippen LogP) is 2.98. The van der Waals surface area contributed by atoms with Crippen LogP contribution in [0.25, 0.3) is 0 Å². The molecule has 0 aliphatic rings. The molecule has 0 saturated heterocycles. The number of carbonyl (C=O) groups excluding carboxylic acids is 1. The highest BCUT2D eigenvalue weighted by molar-refractivity contribution is 5.73. The summed E-state index contributed by atoms with van der Waals surface area (Å²) in [5.41, 5.74) is 5.08. The maximum absolute atomic E-state index is 10.5. The Balaban J connectivity index is 3.17. The number of hydrogen-bond acceptors (Lipinski definition) is 2. The Hall–Kier alpha value is -0.570. The summed E-state index contributed by atoms with van der Waals surface area (Å²) in [7, 11) is 0. The first kappa shape index (κ1) is 16.4. The van der Waals surface area contributed by atoms with Crippen LogP contribution in [-0.2, 0) is 4.79 Å². The molecule has 0 rings (SSSR count). The third kappa shape index (κ3) is 13.4. The Kier molecular flexibility index (Phi) is 11.5. The quantitative estimate of drug-likeness (QED) is 0.517. The summed E-state index contributed by atoms with van der Waals surface area (Å²) in [4.78, 5) is 10.5. The minimum absolute atomic E-state index is 0.186. The fraction of sp³-hybridized carbons (Fsp3) is 0.929. The fourth-order valence-electron chi connectivity index (χ4n) is 1.93. The second-order valence-electron chi connectivity index (χ2n) is 4.98. The lowest BCUT2D eigenvalue weighted by molar-refractivity contribution is -0.118. The van der Waals surface area contributed by atoms with Crippen LogP contribution in [0, 0.1) is 0 Å². The topological polar surface area (TPSA) is 55.1 Å². The van der Waals surface area contributed by atoms with E-state index < -0.39 is 0 Å². The van der Waals surface area contributed by atoms with Crippen molar-refractivity contribution in [1.29, 1.82) is 0 Å². The Morgan fingerprint density at radius 2 is 1.82 bits per heavy atom. The zero-order valence-corrected chi connectivity index (χ0v) is 11.6. The normalized spacial score (nSPS) is 12.6. The zero-order chi connectivity index (χ0) is 12.9. The van der Waals surface area contributed by atoms with Crippen LogP contribution in [0.1, 0.15) is 71.6 Å². The van der Waals surface area contributed by atoms with Crippen molar-refractivity contribution in [2.45, 2.75) is 77.7 Å². The van der Waals surface area contributed by atoms with E-state index >= 15 is 0 Å². The summed E-state index contributed by atoms with van der Waals surface area (Å²) in [6, 6.07) is 0.602. The minimum atomic E-state index is -0.186. The predicted molar refractivity (Wildman–Crippen MR) is 73.9 cm³/mol. The van der Waals surface area contributed by atoms with Crippen LogP contribution < -0.4 is 11.1 Å². The summed E-state index contributed by atoms with van der Waals surface area (Å²) in [6.07, 6.45) is 10.5. The third-order valence-corrected chi connectivity index (χ3v) is 3.08. The molecule has 0 radical (unpaired) electrons. The highest BCUT2D eigenvalue weighted by Gasteiger charge is 2.01. The van der Waals surface area contributed by atoms with Gasteiger partial charge in [0.25, 0.3) is 0 Å². The van der Waals surface area contributed by atoms with E-state index in [1.165, 1.54) is 38.5 Å². The lowest BCUT2D eigenvalue weighted by Crippen LogP contribution is -2.27. The molecule has 0 aromatic carbocycles. The van der Waals surface area contributed by atoms with Crippen LogP contribution >= 0.6 is 0 Å². The molecular formula is C14H30N2O. The highest BCUT2D eigenvalue weighted by Crippen LogP contribution is 2.07. The maximum Gasteiger partial charge on any atom is 0.217 e. The molecule has 1 atom stereocenters. The molecule has 0 fully saturated rings. The van der Waals surface area contributed by atoms with E-state index in [2.05, 4.69) is 19.2 Å². The molecule has 0 bridgehead atoms. The van der Waals surface area contributed by atoms with Crippen molar-refractivity contribution in [3.8, 4) is 0 Å². The van der Waals surface area contributed by atoms with Gasteiger partial charge in [0.2, 0.25) is 5.91 Å². The van der Waals surface area contributed by atoms with Crippen LogP contribution in [-0.4, -0.2) is 18.5 Å². The van der Waals surface area contributed by atoms with Gasteiger partial charge in [-0.05, 0) is 32.7 Å². The van der Waals surface area contributed by atoms with Gasteiger partial charge >= 0.3 is 0 Å². The molecule has 0 aromatic rings. The van der Waals surface area contributed by atoms with Gasteiger partial charge in [0.1, 0.15) is 0 Å². The first-order valence-electron chi connectivity index (χ1n) is 7.18. The molecule has 1 unspecified atom stereocenters. The number of rotatable bonds is 12. The van der Waals surface area contributed by atoms with Gasteiger partial charge in [0, 0.05) is 12.5 Å². The van der Waals surface area contributed by atoms with Crippen molar-refractivity contribution < 1.29 is 4.79 Å². The molecule has 102 valence electrons. The van der Waals surface area contributed by atoms with E-state index in [0.29, 0.717) is 12.5 Å². The standard InChI is InChI=1S/C14H30N2O/c1-3-4-5-6-7-10-13(2)16-12-9-8-11-14(15)17/h13,16H,3-12H2,1-2H3,(H2,15,17). The number of carbonyl (C=O) groups is 1. The van der Waals surface area contributed by atoms with Gasteiger partial charge in [-0.3, -0.25) is 4.79 Å². The Bertz CT molecular complexity index is 183. The fourth-order valence-corrected chi connectivity index (χ4v) is 1.93. The van der Waals surface area contributed by atoms with E-state index in [-0.39, 0.29) is 5.91 Å². The second kappa shape index (κ2) is 11.9. The molecule has 0 aliphatic carbocycles. The Labute approximate surface area is 107 Å². The lowest BCUT2D eigenvalue weighted by atomic mass is 10.1. The summed E-state index contributed by atoms with van der Waals surface area (Å²) in [5.74, 6) is -0.186. The zero-order valence-electron chi connectivity index (χ0n) is 11.6. The van der Waals surface area contributed by atoms with Crippen molar-refractivity contribution in [1.82, 2.24) is 5.32 Å².